The van der Waals surface area contributed by atoms with Crippen LogP contribution in [0, 0.1) is 6.92 Å². The van der Waals surface area contributed by atoms with Gasteiger partial charge in [-0.05, 0) is 68.4 Å². The lowest BCUT2D eigenvalue weighted by atomic mass is 9.91. The van der Waals surface area contributed by atoms with Crippen molar-refractivity contribution in [3.8, 4) is 11.6 Å². The number of hydrogen-bond acceptors (Lipinski definition) is 8. The summed E-state index contributed by atoms with van der Waals surface area (Å²) in [6.07, 6.45) is 6.51. The highest BCUT2D eigenvalue weighted by atomic mass is 32.1. The number of aryl methyl sites for hydroxylation is 1. The highest BCUT2D eigenvalue weighted by Crippen LogP contribution is 2.33. The average Bonchev–Trinajstić information content (AvgIpc) is 3.51. The molecule has 4 heterocycles. The van der Waals surface area contributed by atoms with E-state index in [1.54, 1.807) is 0 Å². The second-order valence-electron chi connectivity index (χ2n) is 9.26. The number of para-hydroxylation sites is 1. The molecule has 6 rings (SSSR count). The zero-order chi connectivity index (χ0) is 23.6. The van der Waals surface area contributed by atoms with E-state index < -0.39 is 0 Å². The van der Waals surface area contributed by atoms with Crippen LogP contribution < -0.4 is 10.1 Å². The molecule has 0 radical (unpaired) electrons. The van der Waals surface area contributed by atoms with Crippen molar-refractivity contribution in [3.05, 3.63) is 54.4 Å². The van der Waals surface area contributed by atoms with Crippen LogP contribution in [-0.2, 0) is 4.74 Å². The SMILES string of the molecule is Cc1cc(Nc2nc(OC3CCC(N4CCOCC4)CC3)c3c(ccn3-c3ccccc3)n2)sn1. The van der Waals surface area contributed by atoms with Gasteiger partial charge in [0.15, 0.2) is 0 Å². The molecule has 1 aromatic carbocycles. The van der Waals surface area contributed by atoms with Gasteiger partial charge < -0.3 is 19.4 Å². The van der Waals surface area contributed by atoms with Crippen LogP contribution >= 0.6 is 11.5 Å². The zero-order valence-electron chi connectivity index (χ0n) is 19.9. The van der Waals surface area contributed by atoms with Crippen LogP contribution in [0.1, 0.15) is 31.4 Å². The summed E-state index contributed by atoms with van der Waals surface area (Å²) >= 11 is 1.41. The fourth-order valence-corrected chi connectivity index (χ4v) is 5.77. The Morgan fingerprint density at radius 3 is 2.57 bits per heavy atom. The lowest BCUT2D eigenvalue weighted by molar-refractivity contribution is -0.00127. The van der Waals surface area contributed by atoms with E-state index in [0.29, 0.717) is 17.9 Å². The molecule has 3 aromatic heterocycles. The molecule has 1 saturated heterocycles. The third-order valence-corrected chi connectivity index (χ3v) is 7.68. The van der Waals surface area contributed by atoms with Gasteiger partial charge in [-0.15, -0.1) is 0 Å². The van der Waals surface area contributed by atoms with Crippen molar-refractivity contribution in [3.63, 3.8) is 0 Å². The standard InChI is InChI=1S/C26H30N6O2S/c1-18-17-23(35-30-18)28-26-27-22-11-12-32(20-5-3-2-4-6-20)24(22)25(29-26)34-21-9-7-19(8-10-21)31-13-15-33-16-14-31/h2-6,11-12,17,19,21H,7-10,13-16H2,1H3,(H,27,28,29). The number of fused-ring (bicyclic) bond motifs is 1. The van der Waals surface area contributed by atoms with Crippen LogP contribution in [0.4, 0.5) is 10.9 Å². The highest BCUT2D eigenvalue weighted by molar-refractivity contribution is 7.10. The first-order valence-corrected chi connectivity index (χ1v) is 13.1. The molecule has 0 atom stereocenters. The molecule has 1 aliphatic heterocycles. The Morgan fingerprint density at radius 1 is 1.03 bits per heavy atom. The predicted octanol–water partition coefficient (Wildman–Crippen LogP) is 4.95. The fraction of sp³-hybridized carbons (Fsp3) is 0.423. The number of morpholine rings is 1. The van der Waals surface area contributed by atoms with E-state index in [1.807, 2.05) is 43.5 Å². The van der Waals surface area contributed by atoms with E-state index in [-0.39, 0.29) is 6.10 Å². The molecule has 1 N–H and O–H groups in total. The summed E-state index contributed by atoms with van der Waals surface area (Å²) in [6.45, 7) is 5.76. The predicted molar refractivity (Wildman–Crippen MR) is 138 cm³/mol. The van der Waals surface area contributed by atoms with Crippen LogP contribution in [0.3, 0.4) is 0 Å². The van der Waals surface area contributed by atoms with Gasteiger partial charge in [0.05, 0.1) is 24.4 Å². The van der Waals surface area contributed by atoms with E-state index in [9.17, 15) is 0 Å². The largest absolute Gasteiger partial charge is 0.473 e. The van der Waals surface area contributed by atoms with E-state index >= 15 is 0 Å². The van der Waals surface area contributed by atoms with Crippen molar-refractivity contribution in [1.82, 2.24) is 23.8 Å². The maximum absolute atomic E-state index is 6.64. The Morgan fingerprint density at radius 2 is 1.83 bits per heavy atom. The Labute approximate surface area is 209 Å². The van der Waals surface area contributed by atoms with Crippen molar-refractivity contribution < 1.29 is 9.47 Å². The molecule has 0 amide bonds. The average molecular weight is 491 g/mol. The third kappa shape index (κ3) is 4.89. The third-order valence-electron chi connectivity index (χ3n) is 6.88. The van der Waals surface area contributed by atoms with Gasteiger partial charge in [-0.1, -0.05) is 18.2 Å². The van der Waals surface area contributed by atoms with Crippen molar-refractivity contribution in [2.24, 2.45) is 0 Å². The van der Waals surface area contributed by atoms with Gasteiger partial charge in [0, 0.05) is 31.0 Å². The minimum absolute atomic E-state index is 0.142. The lowest BCUT2D eigenvalue weighted by Gasteiger charge is -2.38. The normalized spacial score (nSPS) is 21.3. The lowest BCUT2D eigenvalue weighted by Crippen LogP contribution is -2.46. The number of rotatable bonds is 6. The summed E-state index contributed by atoms with van der Waals surface area (Å²) in [4.78, 5) is 12.2. The number of hydrogen-bond donors (Lipinski definition) is 1. The topological polar surface area (TPSA) is 77.3 Å². The number of ether oxygens (including phenoxy) is 2. The van der Waals surface area contributed by atoms with Crippen molar-refractivity contribution >= 4 is 33.5 Å². The molecule has 1 saturated carbocycles. The van der Waals surface area contributed by atoms with E-state index in [4.69, 9.17) is 19.4 Å². The van der Waals surface area contributed by atoms with Crippen LogP contribution in [-0.4, -0.2) is 62.3 Å². The first-order chi connectivity index (χ1) is 17.2. The molecule has 2 aliphatic rings. The number of aromatic nitrogens is 4. The summed E-state index contributed by atoms with van der Waals surface area (Å²) < 4.78 is 18.6. The molecule has 35 heavy (non-hydrogen) atoms. The van der Waals surface area contributed by atoms with Gasteiger partial charge in [0.1, 0.15) is 16.6 Å². The quantitative estimate of drug-likeness (QED) is 0.410. The fourth-order valence-electron chi connectivity index (χ4n) is 5.12. The van der Waals surface area contributed by atoms with Gasteiger partial charge >= 0.3 is 0 Å². The van der Waals surface area contributed by atoms with E-state index in [2.05, 4.69) is 31.3 Å². The first kappa shape index (κ1) is 22.5. The number of benzene rings is 1. The van der Waals surface area contributed by atoms with Crippen LogP contribution in [0.5, 0.6) is 5.88 Å². The van der Waals surface area contributed by atoms with E-state index in [0.717, 1.165) is 79.4 Å². The van der Waals surface area contributed by atoms with Gasteiger partial charge in [-0.2, -0.15) is 9.36 Å². The molecule has 1 aliphatic carbocycles. The maximum Gasteiger partial charge on any atom is 0.244 e. The van der Waals surface area contributed by atoms with Crippen LogP contribution in [0.25, 0.3) is 16.7 Å². The van der Waals surface area contributed by atoms with Gasteiger partial charge in [-0.25, -0.2) is 4.98 Å². The smallest absolute Gasteiger partial charge is 0.244 e. The van der Waals surface area contributed by atoms with E-state index in [1.165, 1.54) is 11.5 Å². The Hall–Kier alpha value is -3.01. The first-order valence-electron chi connectivity index (χ1n) is 12.4. The minimum Gasteiger partial charge on any atom is -0.473 e. The second kappa shape index (κ2) is 9.93. The Bertz CT molecular complexity index is 1280. The summed E-state index contributed by atoms with van der Waals surface area (Å²) in [5.41, 5.74) is 3.79. The molecule has 4 aromatic rings. The molecular formula is C26H30N6O2S. The minimum atomic E-state index is 0.142. The summed E-state index contributed by atoms with van der Waals surface area (Å²) in [6, 6.07) is 14.9. The highest BCUT2D eigenvalue weighted by Gasteiger charge is 2.29. The molecular weight excluding hydrogens is 460 g/mol. The molecule has 0 bridgehead atoms. The van der Waals surface area contributed by atoms with Crippen molar-refractivity contribution in [1.29, 1.82) is 0 Å². The van der Waals surface area contributed by atoms with Crippen molar-refractivity contribution in [2.75, 3.05) is 31.6 Å². The summed E-state index contributed by atoms with van der Waals surface area (Å²) in [5, 5.41) is 4.24. The number of anilines is 2. The monoisotopic (exact) mass is 490 g/mol. The zero-order valence-corrected chi connectivity index (χ0v) is 20.7. The molecule has 8 nitrogen and oxygen atoms in total. The molecule has 0 spiro atoms. The molecule has 2 fully saturated rings. The van der Waals surface area contributed by atoms with Crippen molar-refractivity contribution in [2.45, 2.75) is 44.8 Å². The van der Waals surface area contributed by atoms with Crippen LogP contribution in [0.2, 0.25) is 0 Å². The van der Waals surface area contributed by atoms with Crippen LogP contribution in [0.15, 0.2) is 48.7 Å². The molecule has 0 unspecified atom stereocenters. The maximum atomic E-state index is 6.64. The summed E-state index contributed by atoms with van der Waals surface area (Å²) in [5.74, 6) is 1.16. The van der Waals surface area contributed by atoms with Gasteiger partial charge in [-0.3, -0.25) is 4.90 Å². The summed E-state index contributed by atoms with van der Waals surface area (Å²) in [7, 11) is 0. The number of nitrogens with one attached hydrogen (secondary N) is 1. The Balaban J connectivity index is 1.28. The number of nitrogens with zero attached hydrogens (tertiary/aromatic N) is 5. The second-order valence-corrected chi connectivity index (χ2v) is 10.1. The molecule has 9 heteroatoms. The Kier molecular flexibility index (Phi) is 6.37. The van der Waals surface area contributed by atoms with Gasteiger partial charge in [0.2, 0.25) is 11.8 Å². The van der Waals surface area contributed by atoms with Gasteiger partial charge in [0.25, 0.3) is 0 Å². The molecule has 182 valence electrons.